The lowest BCUT2D eigenvalue weighted by atomic mass is 10.2. The molecule has 0 saturated heterocycles. The van der Waals surface area contributed by atoms with Crippen molar-refractivity contribution in [3.63, 3.8) is 0 Å². The van der Waals surface area contributed by atoms with Gasteiger partial charge in [-0.25, -0.2) is 8.42 Å². The average molecular weight is 384 g/mol. The maximum atomic E-state index is 13.4. The van der Waals surface area contributed by atoms with Crippen LogP contribution in [0, 0.1) is 0 Å². The first-order valence-corrected chi connectivity index (χ1v) is 9.89. The predicted octanol–water partition coefficient (Wildman–Crippen LogP) is 1.27. The van der Waals surface area contributed by atoms with Crippen LogP contribution in [0.2, 0.25) is 0 Å². The molecule has 1 aromatic heterocycles. The van der Waals surface area contributed by atoms with Gasteiger partial charge in [0, 0.05) is 16.7 Å². The van der Waals surface area contributed by atoms with Crippen molar-refractivity contribution >= 4 is 44.1 Å². The number of benzene rings is 2. The molecule has 0 aliphatic carbocycles. The Morgan fingerprint density at radius 1 is 1.08 bits per heavy atom. The summed E-state index contributed by atoms with van der Waals surface area (Å²) in [7, 11) is -4.01. The van der Waals surface area contributed by atoms with Gasteiger partial charge >= 0.3 is 4.87 Å². The molecule has 2 heterocycles. The second-order valence-corrected chi connectivity index (χ2v) is 8.39. The van der Waals surface area contributed by atoms with E-state index in [1.807, 2.05) is 0 Å². The first-order chi connectivity index (χ1) is 12.5. The van der Waals surface area contributed by atoms with Crippen LogP contribution in [-0.2, 0) is 9.84 Å². The van der Waals surface area contributed by atoms with Crippen LogP contribution in [-0.4, -0.2) is 24.7 Å². The molecule has 2 N–H and O–H groups in total. The van der Waals surface area contributed by atoms with Crippen LogP contribution in [0.15, 0.2) is 63.2 Å². The zero-order chi connectivity index (χ0) is 18.3. The molecule has 1 aliphatic heterocycles. The highest BCUT2D eigenvalue weighted by Gasteiger charge is 2.28. The second-order valence-electron chi connectivity index (χ2n) is 5.52. The fourth-order valence-corrected chi connectivity index (χ4v) is 5.51. The van der Waals surface area contributed by atoms with Gasteiger partial charge in [0.1, 0.15) is 9.78 Å². The van der Waals surface area contributed by atoms with Crippen LogP contribution in [0.4, 0.5) is 5.69 Å². The number of aromatic hydroxyl groups is 1. The summed E-state index contributed by atoms with van der Waals surface area (Å²) in [6.07, 6.45) is 3.29. The fourth-order valence-electron chi connectivity index (χ4n) is 2.81. The standard InChI is InChI=1S/C18H12N2O4S2/c21-17-15(25-18(22)20-17)16(26(23,24)11-5-2-1-3-6-11)13-7-4-8-14-12(13)9-10-19-14/h1-10,21H,(H,20,22). The Bertz CT molecular complexity index is 1320. The molecule has 2 aromatic carbocycles. The third kappa shape index (κ3) is 2.59. The first-order valence-electron chi connectivity index (χ1n) is 7.59. The molecule has 0 saturated carbocycles. The molecule has 8 heteroatoms. The number of hydrogen-bond donors (Lipinski definition) is 2. The normalized spacial score (nSPS) is 14.0. The van der Waals surface area contributed by atoms with Gasteiger partial charge in [-0.15, -0.1) is 0 Å². The average Bonchev–Trinajstić information content (AvgIpc) is 3.23. The Morgan fingerprint density at radius 3 is 2.54 bits per heavy atom. The summed E-state index contributed by atoms with van der Waals surface area (Å²) in [6, 6.07) is 13.0. The summed E-state index contributed by atoms with van der Waals surface area (Å²) in [5.74, 6) is -0.467. The van der Waals surface area contributed by atoms with Gasteiger partial charge in [-0.3, -0.25) is 14.8 Å². The molecule has 6 nitrogen and oxygen atoms in total. The highest BCUT2D eigenvalue weighted by atomic mass is 32.2. The van der Waals surface area contributed by atoms with Crippen LogP contribution in [0.1, 0.15) is 4.88 Å². The van der Waals surface area contributed by atoms with E-state index in [2.05, 4.69) is 9.98 Å². The molecule has 130 valence electrons. The molecule has 0 atom stereocenters. The van der Waals surface area contributed by atoms with E-state index >= 15 is 0 Å². The van der Waals surface area contributed by atoms with Crippen molar-refractivity contribution in [2.24, 2.45) is 4.99 Å². The Labute approximate surface area is 152 Å². The molecular formula is C18H12N2O4S2. The molecule has 3 aromatic rings. The van der Waals surface area contributed by atoms with Crippen molar-refractivity contribution in [3.05, 3.63) is 73.5 Å². The monoisotopic (exact) mass is 384 g/mol. The number of aromatic nitrogens is 1. The van der Waals surface area contributed by atoms with Crippen LogP contribution in [0.3, 0.4) is 0 Å². The summed E-state index contributed by atoms with van der Waals surface area (Å²) in [5, 5.41) is 11.2. The number of rotatable bonds is 3. The van der Waals surface area contributed by atoms with Gasteiger partial charge in [0.15, 0.2) is 0 Å². The minimum absolute atomic E-state index is 0.0208. The minimum atomic E-state index is -4.01. The summed E-state index contributed by atoms with van der Waals surface area (Å²) in [5.41, 5.74) is 0.630. The third-order valence-electron chi connectivity index (χ3n) is 3.94. The van der Waals surface area contributed by atoms with Gasteiger partial charge in [-0.2, -0.15) is 0 Å². The van der Waals surface area contributed by atoms with Crippen molar-refractivity contribution in [2.45, 2.75) is 4.90 Å². The largest absolute Gasteiger partial charge is 0.493 e. The smallest absolute Gasteiger partial charge is 0.307 e. The number of aliphatic imine (C=N–C) groups is 1. The second kappa shape index (κ2) is 6.08. The van der Waals surface area contributed by atoms with Crippen molar-refractivity contribution < 1.29 is 13.5 Å². The zero-order valence-corrected chi connectivity index (χ0v) is 14.8. The van der Waals surface area contributed by atoms with Crippen molar-refractivity contribution in [3.8, 4) is 5.88 Å². The number of hydrogen-bond acceptors (Lipinski definition) is 6. The van der Waals surface area contributed by atoms with Gasteiger partial charge in [-0.1, -0.05) is 41.7 Å². The summed E-state index contributed by atoms with van der Waals surface area (Å²) >= 11 is 0.652. The quantitative estimate of drug-likeness (QED) is 0.710. The highest BCUT2D eigenvalue weighted by Crippen LogP contribution is 2.32. The van der Waals surface area contributed by atoms with E-state index in [9.17, 15) is 18.3 Å². The Balaban J connectivity index is 2.20. The molecule has 0 bridgehead atoms. The number of fused-ring (bicyclic) bond motifs is 1. The maximum absolute atomic E-state index is 13.4. The number of nitrogens with one attached hydrogen (secondary N) is 1. The molecule has 1 aliphatic rings. The molecule has 0 unspecified atom stereocenters. The van der Waals surface area contributed by atoms with Crippen LogP contribution in [0.25, 0.3) is 11.0 Å². The number of thiazole rings is 1. The lowest BCUT2D eigenvalue weighted by molar-refractivity contribution is 0.454. The third-order valence-corrected chi connectivity index (χ3v) is 6.81. The molecule has 0 radical (unpaired) electrons. The number of nitrogens with zero attached hydrogens (tertiary/aromatic N) is 1. The Kier molecular flexibility index (Phi) is 3.86. The van der Waals surface area contributed by atoms with Crippen LogP contribution in [0.5, 0.6) is 5.88 Å². The van der Waals surface area contributed by atoms with E-state index in [1.165, 1.54) is 12.1 Å². The summed E-state index contributed by atoms with van der Waals surface area (Å²) in [4.78, 5) is 17.5. The molecule has 4 rings (SSSR count). The van der Waals surface area contributed by atoms with Gasteiger partial charge in [0.25, 0.3) is 0 Å². The molecule has 26 heavy (non-hydrogen) atoms. The van der Waals surface area contributed by atoms with E-state index in [1.54, 1.807) is 48.7 Å². The minimum Gasteiger partial charge on any atom is -0.493 e. The van der Waals surface area contributed by atoms with Gasteiger partial charge < -0.3 is 5.11 Å². The van der Waals surface area contributed by atoms with E-state index < -0.39 is 20.6 Å². The zero-order valence-electron chi connectivity index (χ0n) is 13.2. The Morgan fingerprint density at radius 2 is 1.85 bits per heavy atom. The molecule has 0 amide bonds. The number of H-pyrrole nitrogens is 1. The lowest BCUT2D eigenvalue weighted by Crippen LogP contribution is -2.29. The van der Waals surface area contributed by atoms with E-state index in [4.69, 9.17) is 0 Å². The maximum Gasteiger partial charge on any atom is 0.307 e. The van der Waals surface area contributed by atoms with Gasteiger partial charge in [0.2, 0.25) is 15.7 Å². The molecular weight excluding hydrogens is 372 g/mol. The molecule has 0 fully saturated rings. The van der Waals surface area contributed by atoms with Crippen LogP contribution < -0.4 is 15.3 Å². The van der Waals surface area contributed by atoms with Crippen molar-refractivity contribution in [2.75, 3.05) is 0 Å². The lowest BCUT2D eigenvalue weighted by Gasteiger charge is -2.09. The van der Waals surface area contributed by atoms with Crippen molar-refractivity contribution in [1.29, 1.82) is 0 Å². The predicted molar refractivity (Wildman–Crippen MR) is 101 cm³/mol. The van der Waals surface area contributed by atoms with Gasteiger partial charge in [0.05, 0.1) is 10.6 Å². The van der Waals surface area contributed by atoms with Crippen LogP contribution >= 0.6 is 11.3 Å². The van der Waals surface area contributed by atoms with E-state index in [0.29, 0.717) is 27.5 Å². The Hall–Kier alpha value is -2.97. The summed E-state index contributed by atoms with van der Waals surface area (Å²) in [6.45, 7) is 0. The van der Waals surface area contributed by atoms with Crippen molar-refractivity contribution in [1.82, 2.24) is 4.98 Å². The summed E-state index contributed by atoms with van der Waals surface area (Å²) < 4.78 is 26.8. The van der Waals surface area contributed by atoms with E-state index in [0.717, 1.165) is 0 Å². The van der Waals surface area contributed by atoms with E-state index in [-0.39, 0.29) is 14.7 Å². The SMILES string of the molecule is O=c1[nH]c(O)c(C(=c2cccc3c2=CC=N3)S(=O)(=O)c2ccccc2)s1. The highest BCUT2D eigenvalue weighted by molar-refractivity contribution is 8.00. The first kappa shape index (κ1) is 16.5. The topological polar surface area (TPSA) is 99.6 Å². The number of sulfone groups is 1. The molecule has 0 spiro atoms. The fraction of sp³-hybridized carbons (Fsp3) is 0. The van der Waals surface area contributed by atoms with Gasteiger partial charge in [-0.05, 0) is 24.3 Å². The number of aromatic amines is 1.